The van der Waals surface area contributed by atoms with Crippen LogP contribution in [0.1, 0.15) is 65.2 Å². The number of aliphatic hydroxyl groups is 3. The standard InChI is InChI=1S/C19H32O3/c1-18-10-8-15(20)17(22)14(18)4-3-11-12-5-6-16(21)19(12,2)9-7-13(11)18/h11-17,20-22H,3-10H2,1-2H3/t11-,12-,13-,14-,15+,16-,17+,18+,19-/m0/s1. The average Bonchev–Trinajstić information content (AvgIpc) is 2.79. The first-order valence-electron chi connectivity index (χ1n) is 9.42. The maximum absolute atomic E-state index is 10.5. The van der Waals surface area contributed by atoms with Crippen molar-refractivity contribution in [1.82, 2.24) is 0 Å². The van der Waals surface area contributed by atoms with E-state index in [1.54, 1.807) is 0 Å². The highest BCUT2D eigenvalue weighted by atomic mass is 16.3. The molecule has 0 aromatic carbocycles. The summed E-state index contributed by atoms with van der Waals surface area (Å²) in [6, 6.07) is 0. The van der Waals surface area contributed by atoms with Gasteiger partial charge in [-0.1, -0.05) is 13.8 Å². The van der Waals surface area contributed by atoms with E-state index in [1.807, 2.05) is 0 Å². The highest BCUT2D eigenvalue weighted by Gasteiger charge is 2.61. The van der Waals surface area contributed by atoms with Gasteiger partial charge >= 0.3 is 0 Å². The lowest BCUT2D eigenvalue weighted by atomic mass is 9.44. The van der Waals surface area contributed by atoms with Crippen LogP contribution in [0.2, 0.25) is 0 Å². The molecule has 4 aliphatic carbocycles. The minimum Gasteiger partial charge on any atom is -0.393 e. The van der Waals surface area contributed by atoms with Crippen LogP contribution in [0.3, 0.4) is 0 Å². The molecule has 3 N–H and O–H groups in total. The summed E-state index contributed by atoms with van der Waals surface area (Å²) in [5.74, 6) is 2.34. The van der Waals surface area contributed by atoms with E-state index in [9.17, 15) is 15.3 Å². The lowest BCUT2D eigenvalue weighted by Crippen LogP contribution is -2.58. The number of hydrogen-bond acceptors (Lipinski definition) is 3. The third-order valence-electron chi connectivity index (χ3n) is 8.68. The smallest absolute Gasteiger partial charge is 0.0832 e. The summed E-state index contributed by atoms with van der Waals surface area (Å²) in [6.07, 6.45) is 7.40. The summed E-state index contributed by atoms with van der Waals surface area (Å²) in [5.41, 5.74) is 0.327. The van der Waals surface area contributed by atoms with Gasteiger partial charge in [-0.15, -0.1) is 0 Å². The van der Waals surface area contributed by atoms with Crippen LogP contribution in [-0.4, -0.2) is 33.6 Å². The Morgan fingerprint density at radius 3 is 2.09 bits per heavy atom. The molecule has 0 aromatic heterocycles. The van der Waals surface area contributed by atoms with Gasteiger partial charge < -0.3 is 15.3 Å². The van der Waals surface area contributed by atoms with Crippen molar-refractivity contribution in [2.45, 2.75) is 83.5 Å². The van der Waals surface area contributed by atoms with Gasteiger partial charge in [0, 0.05) is 0 Å². The quantitative estimate of drug-likeness (QED) is 0.645. The highest BCUT2D eigenvalue weighted by molar-refractivity contribution is 5.10. The Labute approximate surface area is 134 Å². The Hall–Kier alpha value is -0.120. The molecule has 4 saturated carbocycles. The van der Waals surface area contributed by atoms with Crippen molar-refractivity contribution in [2.75, 3.05) is 0 Å². The Kier molecular flexibility index (Phi) is 3.46. The predicted octanol–water partition coefficient (Wildman–Crippen LogP) is 2.72. The molecule has 0 aliphatic heterocycles. The minimum absolute atomic E-state index is 0.109. The number of fused-ring (bicyclic) bond motifs is 5. The summed E-state index contributed by atoms with van der Waals surface area (Å²) in [7, 11) is 0. The molecule has 3 nitrogen and oxygen atoms in total. The molecule has 22 heavy (non-hydrogen) atoms. The van der Waals surface area contributed by atoms with Gasteiger partial charge in [0.15, 0.2) is 0 Å². The van der Waals surface area contributed by atoms with E-state index in [0.717, 1.165) is 38.0 Å². The zero-order valence-corrected chi connectivity index (χ0v) is 14.0. The number of aliphatic hydroxyl groups excluding tert-OH is 3. The summed E-state index contributed by atoms with van der Waals surface area (Å²) in [6.45, 7) is 4.71. The van der Waals surface area contributed by atoms with Crippen LogP contribution in [0.15, 0.2) is 0 Å². The van der Waals surface area contributed by atoms with Crippen LogP contribution in [0.25, 0.3) is 0 Å². The lowest BCUT2D eigenvalue weighted by Gasteiger charge is -2.61. The molecule has 4 fully saturated rings. The van der Waals surface area contributed by atoms with Gasteiger partial charge in [0.25, 0.3) is 0 Å². The second kappa shape index (κ2) is 4.94. The van der Waals surface area contributed by atoms with Gasteiger partial charge in [0.1, 0.15) is 0 Å². The Balaban J connectivity index is 1.64. The molecular formula is C19H32O3. The van der Waals surface area contributed by atoms with Crippen LogP contribution < -0.4 is 0 Å². The van der Waals surface area contributed by atoms with Crippen molar-refractivity contribution in [3.8, 4) is 0 Å². The van der Waals surface area contributed by atoms with E-state index >= 15 is 0 Å². The predicted molar refractivity (Wildman–Crippen MR) is 85.1 cm³/mol. The zero-order chi connectivity index (χ0) is 15.7. The minimum atomic E-state index is -0.526. The van der Waals surface area contributed by atoms with Crippen molar-refractivity contribution in [3.05, 3.63) is 0 Å². The maximum atomic E-state index is 10.5. The van der Waals surface area contributed by atoms with E-state index in [-0.39, 0.29) is 22.9 Å². The van der Waals surface area contributed by atoms with Gasteiger partial charge in [-0.05, 0) is 85.9 Å². The molecule has 0 bridgehead atoms. The SMILES string of the molecule is C[C@]12CC[C@@H](O)[C@H](O)[C@@H]1CC[C@@H]1[C@@H]2CC[C@]2(C)[C@@H](O)CC[C@@H]12. The molecule has 0 amide bonds. The lowest BCUT2D eigenvalue weighted by molar-refractivity contribution is -0.176. The first-order valence-corrected chi connectivity index (χ1v) is 9.42. The van der Waals surface area contributed by atoms with Crippen LogP contribution >= 0.6 is 0 Å². The first-order chi connectivity index (χ1) is 10.4. The molecule has 126 valence electrons. The Bertz CT molecular complexity index is 452. The molecule has 0 unspecified atom stereocenters. The Morgan fingerprint density at radius 2 is 1.32 bits per heavy atom. The Morgan fingerprint density at radius 1 is 0.682 bits per heavy atom. The van der Waals surface area contributed by atoms with Crippen molar-refractivity contribution >= 4 is 0 Å². The highest BCUT2D eigenvalue weighted by Crippen LogP contribution is 2.66. The average molecular weight is 308 g/mol. The fourth-order valence-corrected chi connectivity index (χ4v) is 7.29. The maximum Gasteiger partial charge on any atom is 0.0832 e. The van der Waals surface area contributed by atoms with Gasteiger partial charge in [0.2, 0.25) is 0 Å². The zero-order valence-electron chi connectivity index (χ0n) is 14.0. The summed E-state index contributed by atoms with van der Waals surface area (Å²) in [5, 5.41) is 31.1. The molecule has 9 atom stereocenters. The van der Waals surface area contributed by atoms with Gasteiger partial charge in [-0.2, -0.15) is 0 Å². The molecule has 3 heteroatoms. The van der Waals surface area contributed by atoms with E-state index in [0.29, 0.717) is 11.8 Å². The van der Waals surface area contributed by atoms with E-state index < -0.39 is 12.2 Å². The van der Waals surface area contributed by atoms with E-state index in [4.69, 9.17) is 0 Å². The molecular weight excluding hydrogens is 276 g/mol. The summed E-state index contributed by atoms with van der Waals surface area (Å²) < 4.78 is 0. The monoisotopic (exact) mass is 308 g/mol. The summed E-state index contributed by atoms with van der Waals surface area (Å²) >= 11 is 0. The fraction of sp³-hybridized carbons (Fsp3) is 1.00. The van der Waals surface area contributed by atoms with Crippen molar-refractivity contribution in [2.24, 2.45) is 34.5 Å². The molecule has 0 radical (unpaired) electrons. The first kappa shape index (κ1) is 15.4. The van der Waals surface area contributed by atoms with Crippen molar-refractivity contribution in [3.63, 3.8) is 0 Å². The van der Waals surface area contributed by atoms with E-state index in [1.165, 1.54) is 19.3 Å². The van der Waals surface area contributed by atoms with E-state index in [2.05, 4.69) is 13.8 Å². The topological polar surface area (TPSA) is 60.7 Å². The van der Waals surface area contributed by atoms with Gasteiger partial charge in [0.05, 0.1) is 18.3 Å². The van der Waals surface area contributed by atoms with Crippen LogP contribution in [0, 0.1) is 34.5 Å². The normalized spacial score (nSPS) is 61.2. The molecule has 4 rings (SSSR count). The third-order valence-corrected chi connectivity index (χ3v) is 8.68. The molecule has 0 aromatic rings. The molecule has 0 saturated heterocycles. The third kappa shape index (κ3) is 1.85. The van der Waals surface area contributed by atoms with Gasteiger partial charge in [-0.25, -0.2) is 0 Å². The molecule has 4 aliphatic rings. The number of rotatable bonds is 0. The van der Waals surface area contributed by atoms with Crippen LogP contribution in [0.5, 0.6) is 0 Å². The largest absolute Gasteiger partial charge is 0.393 e. The second-order valence-electron chi connectivity index (χ2n) is 9.30. The van der Waals surface area contributed by atoms with Crippen LogP contribution in [0.4, 0.5) is 0 Å². The van der Waals surface area contributed by atoms with Gasteiger partial charge in [-0.3, -0.25) is 0 Å². The summed E-state index contributed by atoms with van der Waals surface area (Å²) in [4.78, 5) is 0. The second-order valence-corrected chi connectivity index (χ2v) is 9.30. The fourth-order valence-electron chi connectivity index (χ4n) is 7.29. The number of hydrogen-bond donors (Lipinski definition) is 3. The van der Waals surface area contributed by atoms with Crippen molar-refractivity contribution < 1.29 is 15.3 Å². The molecule has 0 heterocycles. The van der Waals surface area contributed by atoms with Crippen LogP contribution in [-0.2, 0) is 0 Å². The van der Waals surface area contributed by atoms with Crippen molar-refractivity contribution in [1.29, 1.82) is 0 Å². The molecule has 0 spiro atoms.